The largest absolute Gasteiger partial charge is 0.382 e. The molecule has 6 heteroatoms. The van der Waals surface area contributed by atoms with Crippen LogP contribution in [0.3, 0.4) is 0 Å². The molecule has 2 N–H and O–H groups in total. The van der Waals surface area contributed by atoms with Crippen molar-refractivity contribution in [1.82, 2.24) is 19.7 Å². The zero-order valence-electron chi connectivity index (χ0n) is 8.18. The van der Waals surface area contributed by atoms with E-state index < -0.39 is 0 Å². The van der Waals surface area contributed by atoms with E-state index in [1.54, 1.807) is 17.1 Å². The number of nitrogens with two attached hydrogens (primary N) is 1. The Balaban J connectivity index is 2.18. The van der Waals surface area contributed by atoms with Crippen LogP contribution >= 0.6 is 11.6 Å². The standard InChI is InChI=1S/C9H10ClN5/c1-6-8(10)5-15(14-6)4-7-2-13-9(11)3-12-7/h2-3,5H,4H2,1H3,(H2,11,13). The maximum atomic E-state index is 5.88. The van der Waals surface area contributed by atoms with E-state index in [0.29, 0.717) is 17.4 Å². The van der Waals surface area contributed by atoms with Crippen LogP contribution in [-0.4, -0.2) is 19.7 Å². The van der Waals surface area contributed by atoms with Gasteiger partial charge in [-0.1, -0.05) is 11.6 Å². The minimum atomic E-state index is 0.411. The first-order valence-electron chi connectivity index (χ1n) is 4.41. The molecule has 0 aliphatic rings. The monoisotopic (exact) mass is 223 g/mol. The molecule has 5 nitrogen and oxygen atoms in total. The summed E-state index contributed by atoms with van der Waals surface area (Å²) in [4.78, 5) is 8.07. The van der Waals surface area contributed by atoms with Gasteiger partial charge in [0.1, 0.15) is 5.82 Å². The number of anilines is 1. The van der Waals surface area contributed by atoms with Gasteiger partial charge in [-0.05, 0) is 6.92 Å². The molecular weight excluding hydrogens is 214 g/mol. The lowest BCUT2D eigenvalue weighted by atomic mass is 10.4. The number of aryl methyl sites for hydroxylation is 1. The number of halogens is 1. The van der Waals surface area contributed by atoms with E-state index in [0.717, 1.165) is 11.4 Å². The van der Waals surface area contributed by atoms with Gasteiger partial charge >= 0.3 is 0 Å². The lowest BCUT2D eigenvalue weighted by Crippen LogP contribution is -2.04. The molecule has 0 saturated heterocycles. The number of aromatic nitrogens is 4. The summed E-state index contributed by atoms with van der Waals surface area (Å²) in [5.74, 6) is 0.411. The third-order valence-corrected chi connectivity index (χ3v) is 2.31. The third kappa shape index (κ3) is 2.24. The summed E-state index contributed by atoms with van der Waals surface area (Å²) in [7, 11) is 0. The highest BCUT2D eigenvalue weighted by Gasteiger charge is 2.03. The van der Waals surface area contributed by atoms with E-state index >= 15 is 0 Å². The summed E-state index contributed by atoms with van der Waals surface area (Å²) >= 11 is 5.88. The quantitative estimate of drug-likeness (QED) is 0.832. The first kappa shape index (κ1) is 9.92. The number of rotatable bonds is 2. The molecule has 2 rings (SSSR count). The maximum Gasteiger partial charge on any atom is 0.141 e. The molecule has 2 aromatic heterocycles. The van der Waals surface area contributed by atoms with Crippen LogP contribution in [0.25, 0.3) is 0 Å². The molecule has 0 amide bonds. The van der Waals surface area contributed by atoms with Crippen molar-refractivity contribution in [1.29, 1.82) is 0 Å². The minimum Gasteiger partial charge on any atom is -0.382 e. The van der Waals surface area contributed by atoms with Crippen LogP contribution < -0.4 is 5.73 Å². The Kier molecular flexibility index (Phi) is 2.55. The fourth-order valence-electron chi connectivity index (χ4n) is 1.19. The Bertz CT molecular complexity index is 442. The number of nitrogen functional groups attached to an aromatic ring is 1. The molecule has 0 spiro atoms. The van der Waals surface area contributed by atoms with Gasteiger partial charge in [-0.25, -0.2) is 4.98 Å². The summed E-state index contributed by atoms with van der Waals surface area (Å²) in [5.41, 5.74) is 7.03. The van der Waals surface area contributed by atoms with E-state index in [4.69, 9.17) is 17.3 Å². The van der Waals surface area contributed by atoms with E-state index in [1.165, 1.54) is 6.20 Å². The normalized spacial score (nSPS) is 10.5. The third-order valence-electron chi connectivity index (χ3n) is 1.94. The first-order chi connectivity index (χ1) is 7.15. The Morgan fingerprint density at radius 3 is 2.73 bits per heavy atom. The van der Waals surface area contributed by atoms with Gasteiger partial charge < -0.3 is 5.73 Å². The topological polar surface area (TPSA) is 69.6 Å². The molecular formula is C9H10ClN5. The van der Waals surface area contributed by atoms with Gasteiger partial charge in [0.2, 0.25) is 0 Å². The summed E-state index contributed by atoms with van der Waals surface area (Å²) in [6.45, 7) is 2.40. The van der Waals surface area contributed by atoms with Crippen LogP contribution in [0, 0.1) is 6.92 Å². The van der Waals surface area contributed by atoms with Gasteiger partial charge in [0, 0.05) is 6.20 Å². The number of nitrogens with zero attached hydrogens (tertiary/aromatic N) is 4. The Hall–Kier alpha value is -1.62. The summed E-state index contributed by atoms with van der Waals surface area (Å²) in [5, 5.41) is 4.86. The molecule has 0 atom stereocenters. The molecule has 0 unspecified atom stereocenters. The van der Waals surface area contributed by atoms with Crippen molar-refractivity contribution in [3.8, 4) is 0 Å². The van der Waals surface area contributed by atoms with Gasteiger partial charge in [-0.15, -0.1) is 0 Å². The van der Waals surface area contributed by atoms with Gasteiger partial charge in [0.05, 0.1) is 35.3 Å². The number of hydrogen-bond donors (Lipinski definition) is 1. The van der Waals surface area contributed by atoms with Crippen LogP contribution in [0.15, 0.2) is 18.6 Å². The summed E-state index contributed by atoms with van der Waals surface area (Å²) in [6, 6.07) is 0. The second-order valence-corrected chi connectivity index (χ2v) is 3.60. The predicted molar refractivity (Wildman–Crippen MR) is 57.5 cm³/mol. The predicted octanol–water partition coefficient (Wildman–Crippen LogP) is 1.27. The SMILES string of the molecule is Cc1nn(Cc2cnc(N)cn2)cc1Cl. The molecule has 0 aliphatic heterocycles. The molecule has 2 aromatic rings. The van der Waals surface area contributed by atoms with Crippen molar-refractivity contribution < 1.29 is 0 Å². The van der Waals surface area contributed by atoms with Crippen LogP contribution in [0.5, 0.6) is 0 Å². The average Bonchev–Trinajstić information content (AvgIpc) is 2.50. The molecule has 0 fully saturated rings. The van der Waals surface area contributed by atoms with Crippen LogP contribution in [0.4, 0.5) is 5.82 Å². The van der Waals surface area contributed by atoms with E-state index in [1.807, 2.05) is 6.92 Å². The van der Waals surface area contributed by atoms with Crippen molar-refractivity contribution in [3.05, 3.63) is 35.0 Å². The van der Waals surface area contributed by atoms with Gasteiger partial charge in [-0.3, -0.25) is 9.67 Å². The molecule has 15 heavy (non-hydrogen) atoms. The fourth-order valence-corrected chi connectivity index (χ4v) is 1.34. The van der Waals surface area contributed by atoms with Gasteiger partial charge in [-0.2, -0.15) is 5.10 Å². The van der Waals surface area contributed by atoms with E-state index in [-0.39, 0.29) is 0 Å². The number of hydrogen-bond acceptors (Lipinski definition) is 4. The van der Waals surface area contributed by atoms with Crippen molar-refractivity contribution in [2.75, 3.05) is 5.73 Å². The average molecular weight is 224 g/mol. The van der Waals surface area contributed by atoms with E-state index in [9.17, 15) is 0 Å². The molecule has 0 bridgehead atoms. The van der Waals surface area contributed by atoms with Crippen molar-refractivity contribution in [2.24, 2.45) is 0 Å². The molecule has 2 heterocycles. The van der Waals surface area contributed by atoms with Crippen molar-refractivity contribution in [3.63, 3.8) is 0 Å². The van der Waals surface area contributed by atoms with Crippen molar-refractivity contribution in [2.45, 2.75) is 13.5 Å². The molecule has 0 aromatic carbocycles. The lowest BCUT2D eigenvalue weighted by Gasteiger charge is -2.00. The van der Waals surface area contributed by atoms with E-state index in [2.05, 4.69) is 15.1 Å². The summed E-state index contributed by atoms with van der Waals surface area (Å²) in [6.07, 6.45) is 4.91. The van der Waals surface area contributed by atoms with Crippen LogP contribution in [0.2, 0.25) is 5.02 Å². The fraction of sp³-hybridized carbons (Fsp3) is 0.222. The highest BCUT2D eigenvalue weighted by molar-refractivity contribution is 6.31. The van der Waals surface area contributed by atoms with Gasteiger partial charge in [0.15, 0.2) is 0 Å². The summed E-state index contributed by atoms with van der Waals surface area (Å²) < 4.78 is 1.72. The molecule has 0 radical (unpaired) electrons. The Labute approximate surface area is 91.9 Å². The highest BCUT2D eigenvalue weighted by Crippen LogP contribution is 2.12. The van der Waals surface area contributed by atoms with Crippen LogP contribution in [-0.2, 0) is 6.54 Å². The van der Waals surface area contributed by atoms with Gasteiger partial charge in [0.25, 0.3) is 0 Å². The molecule has 78 valence electrons. The highest BCUT2D eigenvalue weighted by atomic mass is 35.5. The zero-order chi connectivity index (χ0) is 10.8. The second kappa shape index (κ2) is 3.86. The van der Waals surface area contributed by atoms with Crippen molar-refractivity contribution >= 4 is 17.4 Å². The molecule has 0 aliphatic carbocycles. The smallest absolute Gasteiger partial charge is 0.141 e. The maximum absolute atomic E-state index is 5.88. The Morgan fingerprint density at radius 1 is 1.40 bits per heavy atom. The van der Waals surface area contributed by atoms with Crippen LogP contribution in [0.1, 0.15) is 11.4 Å². The first-order valence-corrected chi connectivity index (χ1v) is 4.79. The lowest BCUT2D eigenvalue weighted by molar-refractivity contribution is 0.663. The zero-order valence-corrected chi connectivity index (χ0v) is 8.94. The minimum absolute atomic E-state index is 0.411. The molecule has 0 saturated carbocycles. The Morgan fingerprint density at radius 2 is 2.20 bits per heavy atom. The second-order valence-electron chi connectivity index (χ2n) is 3.19.